The molecule has 0 atom stereocenters. The molecule has 0 spiro atoms. The highest BCUT2D eigenvalue weighted by molar-refractivity contribution is 5.79. The molecule has 2 fully saturated rings. The number of likely N-dealkylation sites (N-methyl/N-ethyl adjacent to an activating group) is 1. The van der Waals surface area contributed by atoms with Crippen molar-refractivity contribution in [3.63, 3.8) is 0 Å². The normalized spacial score (nSPS) is 22.8. The lowest BCUT2D eigenvalue weighted by Gasteiger charge is -2.32. The topological polar surface area (TPSA) is 23.6 Å². The molecule has 1 aliphatic carbocycles. The molecule has 1 heterocycles. The third kappa shape index (κ3) is 2.97. The zero-order valence-corrected chi connectivity index (χ0v) is 10.5. The van der Waals surface area contributed by atoms with Gasteiger partial charge in [0.15, 0.2) is 0 Å². The summed E-state index contributed by atoms with van der Waals surface area (Å²) in [5.41, 5.74) is 0. The summed E-state index contributed by atoms with van der Waals surface area (Å²) in [6, 6.07) is 0. The molecule has 1 saturated carbocycles. The second kappa shape index (κ2) is 5.67. The highest BCUT2D eigenvalue weighted by Gasteiger charge is 2.27. The van der Waals surface area contributed by atoms with Gasteiger partial charge in [-0.25, -0.2) is 0 Å². The van der Waals surface area contributed by atoms with E-state index in [0.29, 0.717) is 11.8 Å². The van der Waals surface area contributed by atoms with E-state index in [1.165, 1.54) is 38.8 Å². The van der Waals surface area contributed by atoms with Crippen LogP contribution in [0.5, 0.6) is 0 Å². The largest absolute Gasteiger partial charge is 0.344 e. The molecule has 0 radical (unpaired) electrons. The van der Waals surface area contributed by atoms with Gasteiger partial charge in [0, 0.05) is 26.1 Å². The second-order valence-electron chi connectivity index (χ2n) is 5.29. The number of hydrogen-bond donors (Lipinski definition) is 0. The molecule has 0 N–H and O–H groups in total. The number of likely N-dealkylation sites (tertiary alicyclic amines) is 1. The van der Waals surface area contributed by atoms with Gasteiger partial charge >= 0.3 is 0 Å². The molecule has 0 aromatic rings. The number of carbonyl (C=O) groups excluding carboxylic acids is 1. The highest BCUT2D eigenvalue weighted by Crippen LogP contribution is 2.27. The molecule has 16 heavy (non-hydrogen) atoms. The zero-order valence-electron chi connectivity index (χ0n) is 10.5. The molecule has 0 aromatic heterocycles. The number of piperidine rings is 1. The first-order valence-electron chi connectivity index (χ1n) is 6.75. The van der Waals surface area contributed by atoms with E-state index in [9.17, 15) is 4.79 Å². The van der Waals surface area contributed by atoms with Crippen LogP contribution in [-0.2, 0) is 4.79 Å². The molecule has 0 aromatic carbocycles. The van der Waals surface area contributed by atoms with Crippen molar-refractivity contribution in [2.24, 2.45) is 5.92 Å². The molecule has 2 rings (SSSR count). The molecule has 1 aliphatic heterocycles. The van der Waals surface area contributed by atoms with Crippen molar-refractivity contribution < 1.29 is 4.79 Å². The predicted octanol–water partition coefficient (Wildman–Crippen LogP) is 1.73. The maximum atomic E-state index is 11.9. The van der Waals surface area contributed by atoms with Crippen molar-refractivity contribution in [1.29, 1.82) is 0 Å². The van der Waals surface area contributed by atoms with Gasteiger partial charge in [-0.05, 0) is 38.8 Å². The van der Waals surface area contributed by atoms with Crippen LogP contribution in [0.1, 0.15) is 38.5 Å². The summed E-state index contributed by atoms with van der Waals surface area (Å²) in [6.07, 6.45) is 7.53. The van der Waals surface area contributed by atoms with Crippen LogP contribution in [0.25, 0.3) is 0 Å². The van der Waals surface area contributed by atoms with Crippen molar-refractivity contribution in [2.45, 2.75) is 38.5 Å². The summed E-state index contributed by atoms with van der Waals surface area (Å²) in [7, 11) is 1.96. The van der Waals surface area contributed by atoms with Gasteiger partial charge in [-0.2, -0.15) is 0 Å². The smallest absolute Gasteiger partial charge is 0.225 e. The van der Waals surface area contributed by atoms with Crippen LogP contribution in [-0.4, -0.2) is 48.9 Å². The Bertz CT molecular complexity index is 232. The maximum absolute atomic E-state index is 11.9. The Morgan fingerprint density at radius 2 is 1.88 bits per heavy atom. The van der Waals surface area contributed by atoms with Crippen LogP contribution in [0.4, 0.5) is 0 Å². The van der Waals surface area contributed by atoms with Gasteiger partial charge < -0.3 is 9.80 Å². The van der Waals surface area contributed by atoms with E-state index in [0.717, 1.165) is 25.9 Å². The molecule has 0 bridgehead atoms. The second-order valence-corrected chi connectivity index (χ2v) is 5.29. The van der Waals surface area contributed by atoms with E-state index in [4.69, 9.17) is 0 Å². The average molecular weight is 224 g/mol. The minimum Gasteiger partial charge on any atom is -0.344 e. The molecular formula is C13H24N2O. The molecule has 0 unspecified atom stereocenters. The molecule has 3 nitrogen and oxygen atoms in total. The Balaban J connectivity index is 1.65. The van der Waals surface area contributed by atoms with Crippen molar-refractivity contribution in [3.05, 3.63) is 0 Å². The summed E-state index contributed by atoms with van der Waals surface area (Å²) in [4.78, 5) is 16.3. The third-order valence-corrected chi connectivity index (χ3v) is 4.03. The Hall–Kier alpha value is -0.570. The van der Waals surface area contributed by atoms with Crippen molar-refractivity contribution >= 4 is 5.91 Å². The van der Waals surface area contributed by atoms with Crippen molar-refractivity contribution in [1.82, 2.24) is 9.80 Å². The quantitative estimate of drug-likeness (QED) is 0.726. The molecule has 3 heteroatoms. The van der Waals surface area contributed by atoms with Gasteiger partial charge in [-0.3, -0.25) is 4.79 Å². The van der Waals surface area contributed by atoms with Crippen LogP contribution < -0.4 is 0 Å². The van der Waals surface area contributed by atoms with Crippen molar-refractivity contribution in [3.8, 4) is 0 Å². The first-order chi connectivity index (χ1) is 7.77. The Kier molecular flexibility index (Phi) is 4.22. The Labute approximate surface area is 98.8 Å². The van der Waals surface area contributed by atoms with Crippen LogP contribution in [0.2, 0.25) is 0 Å². The lowest BCUT2D eigenvalue weighted by Crippen LogP contribution is -2.42. The van der Waals surface area contributed by atoms with E-state index in [2.05, 4.69) is 4.90 Å². The average Bonchev–Trinajstić information content (AvgIpc) is 2.25. The van der Waals surface area contributed by atoms with Crippen molar-refractivity contribution in [2.75, 3.05) is 33.2 Å². The lowest BCUT2D eigenvalue weighted by molar-refractivity contribution is -0.137. The standard InChI is InChI=1S/C13H24N2O/c1-14(13(16)12-6-5-7-12)10-11-15-8-3-2-4-9-15/h12H,2-11H2,1H3. The van der Waals surface area contributed by atoms with Gasteiger partial charge in [0.2, 0.25) is 5.91 Å². The van der Waals surface area contributed by atoms with Crippen LogP contribution in [0.3, 0.4) is 0 Å². The van der Waals surface area contributed by atoms with E-state index in [-0.39, 0.29) is 0 Å². The molecule has 1 amide bonds. The summed E-state index contributed by atoms with van der Waals surface area (Å²) in [5.74, 6) is 0.731. The molecular weight excluding hydrogens is 200 g/mol. The first kappa shape index (κ1) is 11.9. The number of carbonyl (C=O) groups is 1. The van der Waals surface area contributed by atoms with E-state index < -0.39 is 0 Å². The number of hydrogen-bond acceptors (Lipinski definition) is 2. The van der Waals surface area contributed by atoms with Crippen LogP contribution in [0, 0.1) is 5.92 Å². The van der Waals surface area contributed by atoms with E-state index in [1.54, 1.807) is 0 Å². The summed E-state index contributed by atoms with van der Waals surface area (Å²) in [5, 5.41) is 0. The van der Waals surface area contributed by atoms with E-state index >= 15 is 0 Å². The van der Waals surface area contributed by atoms with Gasteiger partial charge in [-0.1, -0.05) is 12.8 Å². The highest BCUT2D eigenvalue weighted by atomic mass is 16.2. The van der Waals surface area contributed by atoms with Gasteiger partial charge in [0.1, 0.15) is 0 Å². The monoisotopic (exact) mass is 224 g/mol. The zero-order chi connectivity index (χ0) is 11.4. The number of rotatable bonds is 4. The van der Waals surface area contributed by atoms with Crippen LogP contribution in [0.15, 0.2) is 0 Å². The SMILES string of the molecule is CN(CCN1CCCCC1)C(=O)C1CCC1. The fourth-order valence-electron chi connectivity index (χ4n) is 2.55. The Morgan fingerprint density at radius 1 is 1.19 bits per heavy atom. The fraction of sp³-hybridized carbons (Fsp3) is 0.923. The number of nitrogens with zero attached hydrogens (tertiary/aromatic N) is 2. The summed E-state index contributed by atoms with van der Waals surface area (Å²) in [6.45, 7) is 4.43. The lowest BCUT2D eigenvalue weighted by atomic mass is 9.84. The molecule has 1 saturated heterocycles. The van der Waals surface area contributed by atoms with Gasteiger partial charge in [0.05, 0.1) is 0 Å². The minimum atomic E-state index is 0.353. The Morgan fingerprint density at radius 3 is 2.44 bits per heavy atom. The minimum absolute atomic E-state index is 0.353. The predicted molar refractivity (Wildman–Crippen MR) is 65.3 cm³/mol. The fourth-order valence-corrected chi connectivity index (χ4v) is 2.55. The third-order valence-electron chi connectivity index (χ3n) is 4.03. The van der Waals surface area contributed by atoms with Gasteiger partial charge in [-0.15, -0.1) is 0 Å². The summed E-state index contributed by atoms with van der Waals surface area (Å²) >= 11 is 0. The molecule has 2 aliphatic rings. The first-order valence-corrected chi connectivity index (χ1v) is 6.75. The van der Waals surface area contributed by atoms with Gasteiger partial charge in [0.25, 0.3) is 0 Å². The van der Waals surface area contributed by atoms with E-state index in [1.807, 2.05) is 11.9 Å². The number of amides is 1. The molecule has 92 valence electrons. The maximum Gasteiger partial charge on any atom is 0.225 e. The summed E-state index contributed by atoms with van der Waals surface area (Å²) < 4.78 is 0. The van der Waals surface area contributed by atoms with Crippen LogP contribution >= 0.6 is 0 Å².